The number of aliphatic carboxylic acids is 2. The Morgan fingerprint density at radius 2 is 1.09 bits per heavy atom. The summed E-state index contributed by atoms with van der Waals surface area (Å²) in [5, 5.41) is 32.5. The predicted molar refractivity (Wildman–Crippen MR) is 33.0 cm³/mol. The van der Waals surface area contributed by atoms with Gasteiger partial charge in [0.1, 0.15) is 0 Å². The van der Waals surface area contributed by atoms with Crippen molar-refractivity contribution in [2.75, 3.05) is 0 Å². The van der Waals surface area contributed by atoms with Crippen LogP contribution in [0.4, 0.5) is 0 Å². The first-order valence-electron chi connectivity index (χ1n) is 2.28. The minimum Gasteiger partial charge on any atom is -0.479 e. The molecule has 0 bridgehead atoms. The van der Waals surface area contributed by atoms with Crippen LogP contribution in [-0.4, -0.2) is 63.4 Å². The molecule has 0 saturated heterocycles. The van der Waals surface area contributed by atoms with Crippen LogP contribution >= 0.6 is 0 Å². The van der Waals surface area contributed by atoms with E-state index in [1.54, 1.807) is 0 Å². The molecule has 0 unspecified atom stereocenters. The van der Waals surface area contributed by atoms with Gasteiger partial charge in [-0.1, -0.05) is 0 Å². The summed E-state index contributed by atoms with van der Waals surface area (Å²) in [6.07, 6.45) is -4.53. The van der Waals surface area contributed by atoms with Gasteiger partial charge in [0.05, 0.1) is 0 Å². The van der Waals surface area contributed by atoms with Gasteiger partial charge in [-0.2, -0.15) is 0 Å². The SMILES string of the molecule is O=C(O)[C@H](O)[C@@H](O)C(=O)O.[Li]. The molecule has 11 heavy (non-hydrogen) atoms. The van der Waals surface area contributed by atoms with Crippen molar-refractivity contribution < 1.29 is 30.0 Å². The van der Waals surface area contributed by atoms with E-state index in [1.165, 1.54) is 0 Å². The first-order chi connectivity index (χ1) is 4.46. The quantitative estimate of drug-likeness (QED) is 0.336. The number of hydrogen-bond donors (Lipinski definition) is 4. The predicted octanol–water partition coefficient (Wildman–Crippen LogP) is -2.50. The van der Waals surface area contributed by atoms with E-state index in [2.05, 4.69) is 0 Å². The maximum Gasteiger partial charge on any atom is 0.335 e. The molecule has 0 aliphatic heterocycles. The topological polar surface area (TPSA) is 115 Å². The largest absolute Gasteiger partial charge is 0.479 e. The van der Waals surface area contributed by atoms with E-state index in [0.29, 0.717) is 0 Å². The molecule has 0 rings (SSSR count). The molecule has 0 aromatic rings. The van der Waals surface area contributed by atoms with Crippen molar-refractivity contribution in [3.05, 3.63) is 0 Å². The first-order valence-corrected chi connectivity index (χ1v) is 2.28. The molecule has 7 heteroatoms. The van der Waals surface area contributed by atoms with Gasteiger partial charge < -0.3 is 20.4 Å². The van der Waals surface area contributed by atoms with E-state index in [1.807, 2.05) is 0 Å². The fraction of sp³-hybridized carbons (Fsp3) is 0.500. The van der Waals surface area contributed by atoms with Crippen LogP contribution in [0.5, 0.6) is 0 Å². The van der Waals surface area contributed by atoms with Gasteiger partial charge in [0.2, 0.25) is 0 Å². The molecule has 2 atom stereocenters. The van der Waals surface area contributed by atoms with Gasteiger partial charge >= 0.3 is 11.9 Å². The van der Waals surface area contributed by atoms with Crippen molar-refractivity contribution in [2.24, 2.45) is 0 Å². The molecular formula is C4H6LiO6. The Kier molecular flexibility index (Phi) is 6.13. The number of rotatable bonds is 3. The van der Waals surface area contributed by atoms with Crippen LogP contribution in [0.2, 0.25) is 0 Å². The number of hydrogen-bond acceptors (Lipinski definition) is 4. The summed E-state index contributed by atoms with van der Waals surface area (Å²) in [5.74, 6) is -3.54. The Morgan fingerprint density at radius 1 is 0.909 bits per heavy atom. The molecule has 4 N–H and O–H groups in total. The Hall–Kier alpha value is -0.543. The zero-order valence-corrected chi connectivity index (χ0v) is 5.76. The van der Waals surface area contributed by atoms with Crippen LogP contribution in [-0.2, 0) is 9.59 Å². The smallest absolute Gasteiger partial charge is 0.335 e. The van der Waals surface area contributed by atoms with E-state index in [0.717, 1.165) is 0 Å². The van der Waals surface area contributed by atoms with E-state index in [-0.39, 0.29) is 18.9 Å². The number of carboxylic acid groups (broad SMARTS) is 2. The second kappa shape index (κ2) is 5.15. The average molecular weight is 157 g/mol. The Morgan fingerprint density at radius 3 is 1.18 bits per heavy atom. The standard InChI is InChI=1S/C4H6O6.Li/c5-1(3(7)8)2(6)4(9)10;/h1-2,5-6H,(H,7,8)(H,9,10);/t1-,2-;/m1./s1. The molecular weight excluding hydrogens is 151 g/mol. The molecule has 0 aliphatic rings. The summed E-state index contributed by atoms with van der Waals surface area (Å²) in [5.41, 5.74) is 0. The molecule has 6 nitrogen and oxygen atoms in total. The zero-order valence-electron chi connectivity index (χ0n) is 5.76. The average Bonchev–Trinajstić information content (AvgIpc) is 1.84. The summed E-state index contributed by atoms with van der Waals surface area (Å²) in [6.45, 7) is 0. The summed E-state index contributed by atoms with van der Waals surface area (Å²) >= 11 is 0. The van der Waals surface area contributed by atoms with Crippen LogP contribution in [0.15, 0.2) is 0 Å². The minimum atomic E-state index is -2.27. The van der Waals surface area contributed by atoms with Gasteiger partial charge in [0.25, 0.3) is 0 Å². The van der Waals surface area contributed by atoms with Crippen molar-refractivity contribution >= 4 is 30.8 Å². The van der Waals surface area contributed by atoms with E-state index >= 15 is 0 Å². The minimum absolute atomic E-state index is 0. The van der Waals surface area contributed by atoms with Crippen LogP contribution in [0.25, 0.3) is 0 Å². The molecule has 0 heterocycles. The number of aliphatic hydroxyl groups is 2. The maximum absolute atomic E-state index is 9.77. The van der Waals surface area contributed by atoms with Crippen molar-refractivity contribution in [3.8, 4) is 0 Å². The van der Waals surface area contributed by atoms with Crippen molar-refractivity contribution in [2.45, 2.75) is 12.2 Å². The van der Waals surface area contributed by atoms with Crippen LogP contribution in [0.1, 0.15) is 0 Å². The molecule has 1 radical (unpaired) electrons. The monoisotopic (exact) mass is 157 g/mol. The first kappa shape index (κ1) is 13.1. The van der Waals surface area contributed by atoms with Gasteiger partial charge in [0.15, 0.2) is 12.2 Å². The summed E-state index contributed by atoms with van der Waals surface area (Å²) in [7, 11) is 0. The second-order valence-electron chi connectivity index (χ2n) is 1.57. The van der Waals surface area contributed by atoms with Crippen molar-refractivity contribution in [3.63, 3.8) is 0 Å². The third-order valence-corrected chi connectivity index (χ3v) is 0.805. The van der Waals surface area contributed by atoms with Gasteiger partial charge in [0, 0.05) is 18.9 Å². The van der Waals surface area contributed by atoms with Crippen molar-refractivity contribution in [1.82, 2.24) is 0 Å². The van der Waals surface area contributed by atoms with Gasteiger partial charge in [-0.3, -0.25) is 0 Å². The number of carbonyl (C=O) groups is 2. The van der Waals surface area contributed by atoms with Gasteiger partial charge in [-0.15, -0.1) is 0 Å². The maximum atomic E-state index is 9.77. The van der Waals surface area contributed by atoms with Gasteiger partial charge in [-0.05, 0) is 0 Å². The van der Waals surface area contributed by atoms with E-state index < -0.39 is 24.1 Å². The normalized spacial score (nSPS) is 14.4. The molecule has 0 saturated carbocycles. The molecule has 0 aromatic carbocycles. The van der Waals surface area contributed by atoms with Gasteiger partial charge in [-0.25, -0.2) is 9.59 Å². The number of carboxylic acids is 2. The molecule has 0 amide bonds. The zero-order chi connectivity index (χ0) is 8.31. The molecule has 59 valence electrons. The van der Waals surface area contributed by atoms with Crippen LogP contribution in [0, 0.1) is 0 Å². The van der Waals surface area contributed by atoms with Crippen LogP contribution in [0.3, 0.4) is 0 Å². The summed E-state index contributed by atoms with van der Waals surface area (Å²) < 4.78 is 0. The Bertz CT molecular complexity index is 139. The van der Waals surface area contributed by atoms with E-state index in [4.69, 9.17) is 20.4 Å². The van der Waals surface area contributed by atoms with Crippen molar-refractivity contribution in [1.29, 1.82) is 0 Å². The summed E-state index contributed by atoms with van der Waals surface area (Å²) in [4.78, 5) is 19.5. The number of aliphatic hydroxyl groups excluding tert-OH is 2. The third-order valence-electron chi connectivity index (χ3n) is 0.805. The third kappa shape index (κ3) is 4.01. The Balaban J connectivity index is 0. The molecule has 0 fully saturated rings. The van der Waals surface area contributed by atoms with E-state index in [9.17, 15) is 9.59 Å². The summed E-state index contributed by atoms with van der Waals surface area (Å²) in [6, 6.07) is 0. The van der Waals surface area contributed by atoms with Crippen LogP contribution < -0.4 is 0 Å². The Labute approximate surface area is 73.6 Å². The fourth-order valence-electron chi connectivity index (χ4n) is 0.270. The fourth-order valence-corrected chi connectivity index (χ4v) is 0.270. The molecule has 0 aliphatic carbocycles. The molecule has 0 aromatic heterocycles. The second-order valence-corrected chi connectivity index (χ2v) is 1.57. The molecule has 0 spiro atoms.